The monoisotopic (exact) mass is 340 g/mol. The van der Waals surface area contributed by atoms with Crippen molar-refractivity contribution >= 4 is 5.91 Å². The Labute approximate surface area is 147 Å². The first-order chi connectivity index (χ1) is 12.2. The number of carbonyl (C=O) groups is 1. The van der Waals surface area contributed by atoms with Gasteiger partial charge in [0.2, 0.25) is 0 Å². The Morgan fingerprint density at radius 3 is 2.92 bits per heavy atom. The number of aromatic nitrogens is 2. The number of benzene rings is 1. The van der Waals surface area contributed by atoms with Crippen molar-refractivity contribution in [1.29, 1.82) is 0 Å². The van der Waals surface area contributed by atoms with Crippen LogP contribution in [0.5, 0.6) is 0 Å². The normalized spacial score (nSPS) is 23.6. The van der Waals surface area contributed by atoms with Crippen molar-refractivity contribution in [1.82, 2.24) is 19.8 Å². The van der Waals surface area contributed by atoms with Gasteiger partial charge in [-0.15, -0.1) is 0 Å². The van der Waals surface area contributed by atoms with E-state index in [1.54, 1.807) is 6.20 Å². The number of fused-ring (bicyclic) bond motifs is 1. The van der Waals surface area contributed by atoms with Crippen molar-refractivity contribution in [2.75, 3.05) is 26.2 Å². The Morgan fingerprint density at radius 1 is 1.32 bits per heavy atom. The lowest BCUT2D eigenvalue weighted by molar-refractivity contribution is -0.0503. The lowest BCUT2D eigenvalue weighted by atomic mass is 10.1. The maximum absolute atomic E-state index is 12.8. The van der Waals surface area contributed by atoms with Gasteiger partial charge >= 0.3 is 0 Å². The minimum absolute atomic E-state index is 0.0184. The van der Waals surface area contributed by atoms with E-state index in [1.165, 1.54) is 5.56 Å². The van der Waals surface area contributed by atoms with Crippen molar-refractivity contribution in [3.05, 3.63) is 53.6 Å². The number of hydrogen-bond donors (Lipinski definition) is 1. The van der Waals surface area contributed by atoms with E-state index in [2.05, 4.69) is 39.1 Å². The predicted molar refractivity (Wildman–Crippen MR) is 94.2 cm³/mol. The number of hydrogen-bond acceptors (Lipinski definition) is 4. The topological polar surface area (TPSA) is 61.5 Å². The lowest BCUT2D eigenvalue weighted by Gasteiger charge is -2.36. The van der Waals surface area contributed by atoms with Crippen LogP contribution in [0.2, 0.25) is 0 Å². The summed E-state index contributed by atoms with van der Waals surface area (Å²) in [5.74, 6) is 0.867. The van der Waals surface area contributed by atoms with Gasteiger partial charge in [-0.2, -0.15) is 0 Å². The summed E-state index contributed by atoms with van der Waals surface area (Å²) in [5, 5.41) is 0. The van der Waals surface area contributed by atoms with Crippen LogP contribution in [0.1, 0.15) is 28.8 Å². The highest BCUT2D eigenvalue weighted by atomic mass is 16.5. The number of nitrogens with one attached hydrogen (secondary N) is 1. The van der Waals surface area contributed by atoms with Crippen LogP contribution in [0.4, 0.5) is 0 Å². The molecule has 0 aliphatic carbocycles. The summed E-state index contributed by atoms with van der Waals surface area (Å²) in [4.78, 5) is 24.5. The van der Waals surface area contributed by atoms with Crippen LogP contribution >= 0.6 is 0 Å². The summed E-state index contributed by atoms with van der Waals surface area (Å²) in [6, 6.07) is 10.7. The third-order valence-corrected chi connectivity index (χ3v) is 5.13. The summed E-state index contributed by atoms with van der Waals surface area (Å²) >= 11 is 0. The maximum Gasteiger partial charge on any atom is 0.272 e. The second kappa shape index (κ2) is 6.98. The molecule has 3 heterocycles. The molecule has 6 heteroatoms. The van der Waals surface area contributed by atoms with E-state index in [-0.39, 0.29) is 18.1 Å². The first-order valence-corrected chi connectivity index (χ1v) is 8.97. The molecule has 2 atom stereocenters. The van der Waals surface area contributed by atoms with E-state index in [1.807, 2.05) is 17.9 Å². The summed E-state index contributed by atoms with van der Waals surface area (Å²) in [6.45, 7) is 5.90. The molecule has 6 nitrogen and oxygen atoms in total. The van der Waals surface area contributed by atoms with Gasteiger partial charge in [0.05, 0.1) is 24.9 Å². The van der Waals surface area contributed by atoms with Crippen LogP contribution in [-0.2, 0) is 17.7 Å². The van der Waals surface area contributed by atoms with Gasteiger partial charge in [0, 0.05) is 32.6 Å². The summed E-state index contributed by atoms with van der Waals surface area (Å²) < 4.78 is 5.95. The molecule has 2 aliphatic rings. The molecule has 0 radical (unpaired) electrons. The fourth-order valence-corrected chi connectivity index (χ4v) is 3.76. The number of amides is 1. The van der Waals surface area contributed by atoms with Crippen molar-refractivity contribution in [2.24, 2.45) is 0 Å². The van der Waals surface area contributed by atoms with Crippen LogP contribution in [0.3, 0.4) is 0 Å². The molecule has 1 aromatic heterocycles. The van der Waals surface area contributed by atoms with Gasteiger partial charge in [-0.25, -0.2) is 4.98 Å². The highest BCUT2D eigenvalue weighted by Crippen LogP contribution is 2.25. The average molecular weight is 340 g/mol. The number of ether oxygens (including phenoxy) is 1. The van der Waals surface area contributed by atoms with Crippen LogP contribution in [-0.4, -0.2) is 64.1 Å². The van der Waals surface area contributed by atoms with Crippen molar-refractivity contribution in [3.8, 4) is 0 Å². The second-order valence-corrected chi connectivity index (χ2v) is 6.74. The van der Waals surface area contributed by atoms with Gasteiger partial charge in [0.1, 0.15) is 11.5 Å². The zero-order valence-corrected chi connectivity index (χ0v) is 14.5. The first kappa shape index (κ1) is 16.3. The third-order valence-electron chi connectivity index (χ3n) is 5.13. The van der Waals surface area contributed by atoms with Crippen molar-refractivity contribution < 1.29 is 9.53 Å². The minimum atomic E-state index is 0.0184. The number of aromatic amines is 1. The molecular formula is C19H24N4O2. The molecule has 2 fully saturated rings. The molecule has 2 saturated heterocycles. The van der Waals surface area contributed by atoms with Crippen molar-refractivity contribution in [2.45, 2.75) is 32.0 Å². The van der Waals surface area contributed by atoms with Gasteiger partial charge in [-0.05, 0) is 5.56 Å². The highest BCUT2D eigenvalue weighted by molar-refractivity contribution is 5.92. The Morgan fingerprint density at radius 2 is 2.16 bits per heavy atom. The smallest absolute Gasteiger partial charge is 0.272 e. The fraction of sp³-hybridized carbons (Fsp3) is 0.474. The molecule has 4 rings (SSSR count). The van der Waals surface area contributed by atoms with Crippen LogP contribution in [0, 0.1) is 0 Å². The maximum atomic E-state index is 12.8. The number of likely N-dealkylation sites (tertiary alicyclic amines) is 1. The fourth-order valence-electron chi connectivity index (χ4n) is 3.76. The molecular weight excluding hydrogens is 316 g/mol. The standard InChI is InChI=1S/C19H24N4O2/c1-2-18-20-10-15(21-18)19(24)23-12-16-17(13-23)25-9-8-22(16)11-14-6-4-3-5-7-14/h3-7,10,16-17H,2,8-9,11-13H2,1H3,(H,20,21)/t16-,17+/m0/s1. The zero-order valence-electron chi connectivity index (χ0n) is 14.5. The Hall–Kier alpha value is -2.18. The third kappa shape index (κ3) is 3.32. The second-order valence-electron chi connectivity index (χ2n) is 6.74. The van der Waals surface area contributed by atoms with Gasteiger partial charge in [0.15, 0.2) is 0 Å². The molecule has 0 bridgehead atoms. The van der Waals surface area contributed by atoms with E-state index in [0.717, 1.165) is 31.9 Å². The van der Waals surface area contributed by atoms with Crippen LogP contribution in [0.25, 0.3) is 0 Å². The molecule has 2 aliphatic heterocycles. The van der Waals surface area contributed by atoms with Gasteiger partial charge in [-0.1, -0.05) is 37.3 Å². The van der Waals surface area contributed by atoms with E-state index in [0.29, 0.717) is 18.8 Å². The highest BCUT2D eigenvalue weighted by Gasteiger charge is 2.42. The average Bonchev–Trinajstić information content (AvgIpc) is 3.29. The van der Waals surface area contributed by atoms with Gasteiger partial charge in [0.25, 0.3) is 5.91 Å². The van der Waals surface area contributed by atoms with E-state index >= 15 is 0 Å². The Balaban J connectivity index is 1.46. The molecule has 0 saturated carbocycles. The quantitative estimate of drug-likeness (QED) is 0.920. The molecule has 1 amide bonds. The Bertz CT molecular complexity index is 730. The Kier molecular flexibility index (Phi) is 4.55. The summed E-state index contributed by atoms with van der Waals surface area (Å²) in [7, 11) is 0. The van der Waals surface area contributed by atoms with E-state index in [4.69, 9.17) is 4.74 Å². The number of morpholine rings is 1. The molecule has 2 aromatic rings. The summed E-state index contributed by atoms with van der Waals surface area (Å²) in [5.41, 5.74) is 1.87. The number of nitrogens with zero attached hydrogens (tertiary/aromatic N) is 3. The van der Waals surface area contributed by atoms with E-state index in [9.17, 15) is 4.79 Å². The number of rotatable bonds is 4. The SMILES string of the molecule is CCc1ncc(C(=O)N2C[C@H]3OCCN(Cc4ccccc4)[C@H]3C2)[nH]1. The van der Waals surface area contributed by atoms with Gasteiger partial charge < -0.3 is 14.6 Å². The van der Waals surface area contributed by atoms with Gasteiger partial charge in [-0.3, -0.25) is 9.69 Å². The van der Waals surface area contributed by atoms with Crippen LogP contribution < -0.4 is 0 Å². The number of aryl methyl sites for hydroxylation is 1. The largest absolute Gasteiger partial charge is 0.373 e. The molecule has 25 heavy (non-hydrogen) atoms. The molecule has 132 valence electrons. The number of imidazole rings is 1. The number of carbonyl (C=O) groups excluding carboxylic acids is 1. The molecule has 0 spiro atoms. The lowest BCUT2D eigenvalue weighted by Crippen LogP contribution is -2.50. The van der Waals surface area contributed by atoms with Crippen LogP contribution in [0.15, 0.2) is 36.5 Å². The molecule has 0 unspecified atom stereocenters. The van der Waals surface area contributed by atoms with Crippen molar-refractivity contribution in [3.63, 3.8) is 0 Å². The molecule has 1 aromatic carbocycles. The predicted octanol–water partition coefficient (Wildman–Crippen LogP) is 1.70. The minimum Gasteiger partial charge on any atom is -0.373 e. The number of H-pyrrole nitrogens is 1. The van der Waals surface area contributed by atoms with E-state index < -0.39 is 0 Å². The zero-order chi connectivity index (χ0) is 17.2. The summed E-state index contributed by atoms with van der Waals surface area (Å²) in [6.07, 6.45) is 2.54. The molecule has 1 N–H and O–H groups in total. The first-order valence-electron chi connectivity index (χ1n) is 8.97.